The minimum atomic E-state index is 0.690. The second-order valence-electron chi connectivity index (χ2n) is 6.67. The molecule has 1 aliphatic heterocycles. The highest BCUT2D eigenvalue weighted by Gasteiger charge is 2.20. The van der Waals surface area contributed by atoms with Gasteiger partial charge in [0.15, 0.2) is 5.17 Å². The Morgan fingerprint density at radius 3 is 2.11 bits per heavy atom. The van der Waals surface area contributed by atoms with Crippen molar-refractivity contribution < 1.29 is 0 Å². The molecule has 7 heteroatoms. The Kier molecular flexibility index (Phi) is 7.82. The average Bonchev–Trinajstić information content (AvgIpc) is 2.72. The van der Waals surface area contributed by atoms with Gasteiger partial charge in [-0.3, -0.25) is 10.0 Å². The highest BCUT2D eigenvalue weighted by Crippen LogP contribution is 2.20. The third kappa shape index (κ3) is 6.00. The minimum Gasteiger partial charge on any atom is -0.348 e. The molecule has 0 spiro atoms. The molecule has 0 saturated carbocycles. The number of rotatable bonds is 5. The molecule has 4 nitrogen and oxygen atoms in total. The van der Waals surface area contributed by atoms with Crippen LogP contribution in [-0.4, -0.2) is 47.7 Å². The van der Waals surface area contributed by atoms with Gasteiger partial charge in [0.05, 0.1) is 5.70 Å². The van der Waals surface area contributed by atoms with E-state index >= 15 is 0 Å². The van der Waals surface area contributed by atoms with Gasteiger partial charge < -0.3 is 4.90 Å². The first-order valence-corrected chi connectivity index (χ1v) is 10.8. The van der Waals surface area contributed by atoms with Gasteiger partial charge >= 0.3 is 0 Å². The third-order valence-electron chi connectivity index (χ3n) is 4.79. The number of nitrogens with two attached hydrogens (primary N) is 1. The van der Waals surface area contributed by atoms with Crippen molar-refractivity contribution >= 4 is 46.0 Å². The van der Waals surface area contributed by atoms with Gasteiger partial charge in [-0.25, -0.2) is 4.99 Å². The van der Waals surface area contributed by atoms with Crippen molar-refractivity contribution in [3.63, 3.8) is 0 Å². The van der Waals surface area contributed by atoms with Crippen molar-refractivity contribution in [2.24, 2.45) is 10.1 Å². The topological polar surface area (TPSA) is 44.9 Å². The molecule has 0 bridgehead atoms. The van der Waals surface area contributed by atoms with E-state index in [0.717, 1.165) is 54.9 Å². The number of aliphatic imine (C=N–C) groups is 1. The Labute approximate surface area is 181 Å². The van der Waals surface area contributed by atoms with Crippen molar-refractivity contribution in [1.82, 2.24) is 9.80 Å². The van der Waals surface area contributed by atoms with Crippen LogP contribution in [0.15, 0.2) is 60.1 Å². The first-order chi connectivity index (χ1) is 13.5. The summed E-state index contributed by atoms with van der Waals surface area (Å²) in [6.07, 6.45) is 1.02. The summed E-state index contributed by atoms with van der Waals surface area (Å²) in [6, 6.07) is 15.6. The van der Waals surface area contributed by atoms with Gasteiger partial charge in [0.25, 0.3) is 0 Å². The maximum atomic E-state index is 5.95. The molecule has 0 aliphatic carbocycles. The SMILES string of the molecule is C=C(N=C(SN)N1CCN(CCc2ccc(Cl)cc2)CC1)c1ccc(Cl)cc1. The highest BCUT2D eigenvalue weighted by atomic mass is 35.5. The molecule has 2 aromatic rings. The van der Waals surface area contributed by atoms with Crippen LogP contribution in [0.25, 0.3) is 5.70 Å². The summed E-state index contributed by atoms with van der Waals surface area (Å²) in [5, 5.41) is 8.18. The van der Waals surface area contributed by atoms with Crippen LogP contribution in [0, 0.1) is 0 Å². The monoisotopic (exact) mass is 434 g/mol. The van der Waals surface area contributed by atoms with Crippen LogP contribution in [0.1, 0.15) is 11.1 Å². The molecule has 1 aliphatic rings. The maximum absolute atomic E-state index is 5.95. The number of nitrogens with zero attached hydrogens (tertiary/aromatic N) is 3. The fourth-order valence-corrected chi connectivity index (χ4v) is 3.84. The molecule has 0 atom stereocenters. The zero-order valence-corrected chi connectivity index (χ0v) is 18.0. The van der Waals surface area contributed by atoms with E-state index in [-0.39, 0.29) is 0 Å². The summed E-state index contributed by atoms with van der Waals surface area (Å²) >= 11 is 13.1. The maximum Gasteiger partial charge on any atom is 0.179 e. The lowest BCUT2D eigenvalue weighted by molar-refractivity contribution is 0.186. The van der Waals surface area contributed by atoms with E-state index in [1.165, 1.54) is 17.5 Å². The standard InChI is InChI=1S/C21H24Cl2N4S/c1-16(18-4-8-20(23)9-5-18)25-21(28-24)27-14-12-26(13-15-27)11-10-17-2-6-19(22)7-3-17/h2-9H,1,10-15,24H2. The van der Waals surface area contributed by atoms with Crippen molar-refractivity contribution in [2.75, 3.05) is 32.7 Å². The summed E-state index contributed by atoms with van der Waals surface area (Å²) in [5.41, 5.74) is 2.94. The Morgan fingerprint density at radius 1 is 0.964 bits per heavy atom. The summed E-state index contributed by atoms with van der Waals surface area (Å²) in [4.78, 5) is 9.35. The predicted octanol–water partition coefficient (Wildman–Crippen LogP) is 4.79. The molecule has 2 aromatic carbocycles. The lowest BCUT2D eigenvalue weighted by atomic mass is 10.1. The van der Waals surface area contributed by atoms with Crippen LogP contribution in [-0.2, 0) is 6.42 Å². The van der Waals surface area contributed by atoms with Gasteiger partial charge in [0, 0.05) is 42.8 Å². The predicted molar refractivity (Wildman–Crippen MR) is 123 cm³/mol. The molecule has 28 heavy (non-hydrogen) atoms. The number of hydrogen-bond donors (Lipinski definition) is 1. The molecule has 0 amide bonds. The van der Waals surface area contributed by atoms with Crippen molar-refractivity contribution in [3.05, 3.63) is 76.3 Å². The van der Waals surface area contributed by atoms with Crippen LogP contribution in [0.3, 0.4) is 0 Å². The fraction of sp³-hybridized carbons (Fsp3) is 0.286. The second-order valence-corrected chi connectivity index (χ2v) is 8.14. The second kappa shape index (κ2) is 10.3. The van der Waals surface area contributed by atoms with Crippen LogP contribution in [0.2, 0.25) is 10.0 Å². The van der Waals surface area contributed by atoms with Crippen molar-refractivity contribution in [2.45, 2.75) is 6.42 Å². The van der Waals surface area contributed by atoms with Gasteiger partial charge in [0.1, 0.15) is 0 Å². The lowest BCUT2D eigenvalue weighted by Gasteiger charge is -2.35. The first kappa shape index (κ1) is 21.2. The zero-order valence-electron chi connectivity index (χ0n) is 15.7. The van der Waals surface area contributed by atoms with Crippen LogP contribution >= 0.6 is 35.1 Å². The summed E-state index contributed by atoms with van der Waals surface area (Å²) in [6.45, 7) is 8.89. The molecular formula is C21H24Cl2N4S. The Morgan fingerprint density at radius 2 is 1.54 bits per heavy atom. The highest BCUT2D eigenvalue weighted by molar-refractivity contribution is 8.11. The Hall–Kier alpha value is -1.50. The normalized spacial score (nSPS) is 15.7. The number of amidine groups is 1. The molecular weight excluding hydrogens is 411 g/mol. The first-order valence-electron chi connectivity index (χ1n) is 9.17. The van der Waals surface area contributed by atoms with Gasteiger partial charge in [-0.15, -0.1) is 0 Å². The van der Waals surface area contributed by atoms with E-state index in [0.29, 0.717) is 10.7 Å². The fourth-order valence-electron chi connectivity index (χ4n) is 3.09. The van der Waals surface area contributed by atoms with E-state index < -0.39 is 0 Å². The average molecular weight is 435 g/mol. The van der Waals surface area contributed by atoms with E-state index in [1.54, 1.807) is 0 Å². The quantitative estimate of drug-likeness (QED) is 0.417. The smallest absolute Gasteiger partial charge is 0.179 e. The minimum absolute atomic E-state index is 0.690. The number of hydrogen-bond acceptors (Lipinski definition) is 4. The molecule has 1 fully saturated rings. The summed E-state index contributed by atoms with van der Waals surface area (Å²) < 4.78 is 0. The van der Waals surface area contributed by atoms with E-state index in [4.69, 9.17) is 28.3 Å². The molecule has 148 valence electrons. The van der Waals surface area contributed by atoms with Crippen LogP contribution in [0.4, 0.5) is 0 Å². The molecule has 1 saturated heterocycles. The van der Waals surface area contributed by atoms with E-state index in [2.05, 4.69) is 33.5 Å². The molecule has 2 N–H and O–H groups in total. The number of piperazine rings is 1. The molecule has 0 radical (unpaired) electrons. The molecule has 1 heterocycles. The van der Waals surface area contributed by atoms with Gasteiger partial charge in [-0.2, -0.15) is 0 Å². The van der Waals surface area contributed by atoms with Crippen molar-refractivity contribution in [3.8, 4) is 0 Å². The zero-order chi connectivity index (χ0) is 19.9. The van der Waals surface area contributed by atoms with Gasteiger partial charge in [0.2, 0.25) is 0 Å². The molecule has 3 rings (SSSR count). The van der Waals surface area contributed by atoms with Crippen molar-refractivity contribution in [1.29, 1.82) is 0 Å². The number of halogens is 2. The number of benzene rings is 2. The molecule has 0 aromatic heterocycles. The van der Waals surface area contributed by atoms with E-state index in [1.807, 2.05) is 36.4 Å². The van der Waals surface area contributed by atoms with E-state index in [9.17, 15) is 0 Å². The molecule has 0 unspecified atom stereocenters. The Bertz CT molecular complexity index is 813. The van der Waals surface area contributed by atoms with Crippen LogP contribution < -0.4 is 5.14 Å². The van der Waals surface area contributed by atoms with Gasteiger partial charge in [-0.1, -0.05) is 54.0 Å². The largest absolute Gasteiger partial charge is 0.348 e. The van der Waals surface area contributed by atoms with Crippen LogP contribution in [0.5, 0.6) is 0 Å². The Balaban J connectivity index is 1.52. The summed E-state index contributed by atoms with van der Waals surface area (Å²) in [7, 11) is 0. The lowest BCUT2D eigenvalue weighted by Crippen LogP contribution is -2.48. The van der Waals surface area contributed by atoms with Gasteiger partial charge in [-0.05, 0) is 53.8 Å². The summed E-state index contributed by atoms with van der Waals surface area (Å²) in [5.74, 6) is 0. The third-order valence-corrected chi connectivity index (χ3v) is 5.85.